The first-order valence-electron chi connectivity index (χ1n) is 13.6. The first-order chi connectivity index (χ1) is 18.4. The number of thiophene rings is 1. The predicted molar refractivity (Wildman–Crippen MR) is 151 cm³/mol. The van der Waals surface area contributed by atoms with E-state index in [1.165, 1.54) is 32.0 Å². The topological polar surface area (TPSA) is 114 Å². The van der Waals surface area contributed by atoms with E-state index in [-0.39, 0.29) is 5.95 Å². The van der Waals surface area contributed by atoms with Gasteiger partial charge in [-0.05, 0) is 74.4 Å². The minimum atomic E-state index is 0.266. The molecule has 198 valence electrons. The number of pyridine rings is 1. The third-order valence-corrected chi connectivity index (χ3v) is 9.84. The summed E-state index contributed by atoms with van der Waals surface area (Å²) in [6.07, 6.45) is 9.17. The number of aryl methyl sites for hydroxylation is 2. The molecule has 0 spiro atoms. The van der Waals surface area contributed by atoms with E-state index in [4.69, 9.17) is 10.7 Å². The Balaban J connectivity index is 1.06. The summed E-state index contributed by atoms with van der Waals surface area (Å²) in [5.41, 5.74) is 10.2. The normalized spacial score (nSPS) is 25.5. The van der Waals surface area contributed by atoms with Crippen LogP contribution >= 0.6 is 11.3 Å². The standard InChI is InChI=1S/C27H34N10S/c1-15-8-20(32-27-33-26(28)37(34-27)25-23-22(30-14-31-25)16(2)13-38-23)11-29-24(15)35-6-7-36(17(3)12-35)21-10-18-4-5-19(21)9-18/h8,11,13-14,17-19,21H,4-7,9-10,12H2,1-3H3,(H3,28,32,33,34)/t17-,18+,19-,21-/m0/s1. The summed E-state index contributed by atoms with van der Waals surface area (Å²) in [6.45, 7) is 9.71. The van der Waals surface area contributed by atoms with Gasteiger partial charge in [0, 0.05) is 31.7 Å². The SMILES string of the molecule is Cc1cc(Nc2nc(N)n(-c3ncnc4c(C)csc34)n2)cnc1N1CCN([C@H]2C[C@@H]3CC[C@H]2C3)[C@@H](C)C1. The van der Waals surface area contributed by atoms with E-state index < -0.39 is 0 Å². The van der Waals surface area contributed by atoms with Crippen molar-refractivity contribution in [2.45, 2.75) is 58.5 Å². The number of nitrogen functional groups attached to an aromatic ring is 1. The van der Waals surface area contributed by atoms with Crippen molar-refractivity contribution in [3.8, 4) is 5.82 Å². The van der Waals surface area contributed by atoms with Crippen molar-refractivity contribution >= 4 is 45.0 Å². The Morgan fingerprint density at radius 2 is 1.95 bits per heavy atom. The number of anilines is 4. The Bertz CT molecular complexity index is 1490. The average Bonchev–Trinajstić information content (AvgIpc) is 3.69. The third-order valence-electron chi connectivity index (χ3n) is 8.76. The van der Waals surface area contributed by atoms with E-state index in [9.17, 15) is 0 Å². The van der Waals surface area contributed by atoms with Crippen molar-refractivity contribution in [3.63, 3.8) is 0 Å². The van der Waals surface area contributed by atoms with Gasteiger partial charge in [-0.15, -0.1) is 16.4 Å². The summed E-state index contributed by atoms with van der Waals surface area (Å²) in [5.74, 6) is 4.28. The molecule has 0 aromatic carbocycles. The van der Waals surface area contributed by atoms with Crippen molar-refractivity contribution in [1.82, 2.24) is 34.6 Å². The predicted octanol–water partition coefficient (Wildman–Crippen LogP) is 4.31. The number of nitrogens with two attached hydrogens (primary N) is 1. The number of piperazine rings is 1. The van der Waals surface area contributed by atoms with E-state index in [1.807, 2.05) is 13.1 Å². The fraction of sp³-hybridized carbons (Fsp3) is 0.519. The second kappa shape index (κ2) is 9.16. The van der Waals surface area contributed by atoms with Crippen molar-refractivity contribution < 1.29 is 0 Å². The Morgan fingerprint density at radius 3 is 2.71 bits per heavy atom. The zero-order valence-electron chi connectivity index (χ0n) is 22.1. The Kier molecular flexibility index (Phi) is 5.73. The van der Waals surface area contributed by atoms with E-state index in [2.05, 4.69) is 60.5 Å². The average molecular weight is 531 g/mol. The number of fused-ring (bicyclic) bond motifs is 3. The van der Waals surface area contributed by atoms with Crippen LogP contribution < -0.4 is 16.0 Å². The van der Waals surface area contributed by atoms with Gasteiger partial charge in [-0.3, -0.25) is 4.90 Å². The highest BCUT2D eigenvalue weighted by atomic mass is 32.1. The Labute approximate surface area is 226 Å². The number of aromatic nitrogens is 6. The molecule has 0 amide bonds. The van der Waals surface area contributed by atoms with E-state index in [0.717, 1.165) is 70.4 Å². The summed E-state index contributed by atoms with van der Waals surface area (Å²) in [6, 6.07) is 3.45. The minimum absolute atomic E-state index is 0.266. The van der Waals surface area contributed by atoms with E-state index >= 15 is 0 Å². The van der Waals surface area contributed by atoms with Crippen LogP contribution in [0.5, 0.6) is 0 Å². The lowest BCUT2D eigenvalue weighted by molar-refractivity contribution is 0.0899. The summed E-state index contributed by atoms with van der Waals surface area (Å²) in [4.78, 5) is 23.3. The molecular formula is C27H34N10S. The van der Waals surface area contributed by atoms with Crippen molar-refractivity contribution in [3.05, 3.63) is 35.1 Å². The van der Waals surface area contributed by atoms with Gasteiger partial charge in [0.1, 0.15) is 12.1 Å². The van der Waals surface area contributed by atoms with Gasteiger partial charge in [-0.1, -0.05) is 6.42 Å². The smallest absolute Gasteiger partial charge is 0.248 e. The van der Waals surface area contributed by atoms with E-state index in [1.54, 1.807) is 16.0 Å². The zero-order chi connectivity index (χ0) is 26.0. The molecule has 38 heavy (non-hydrogen) atoms. The van der Waals surface area contributed by atoms with Gasteiger partial charge in [0.15, 0.2) is 5.82 Å². The summed E-state index contributed by atoms with van der Waals surface area (Å²) < 4.78 is 2.50. The number of nitrogens with one attached hydrogen (secondary N) is 1. The van der Waals surface area contributed by atoms with Crippen LogP contribution in [0.2, 0.25) is 0 Å². The summed E-state index contributed by atoms with van der Waals surface area (Å²) in [5, 5.41) is 9.93. The molecule has 3 aliphatic rings. The Hall–Kier alpha value is -3.31. The van der Waals surface area contributed by atoms with Crippen LogP contribution in [0.3, 0.4) is 0 Å². The van der Waals surface area contributed by atoms with Crippen molar-refractivity contribution in [1.29, 1.82) is 0 Å². The molecule has 1 saturated heterocycles. The van der Waals surface area contributed by atoms with Crippen LogP contribution in [0.1, 0.15) is 43.7 Å². The second-order valence-corrected chi connectivity index (χ2v) is 12.1. The molecule has 5 heterocycles. The molecule has 3 N–H and O–H groups in total. The van der Waals surface area contributed by atoms with Crippen LogP contribution in [0.25, 0.3) is 16.0 Å². The van der Waals surface area contributed by atoms with Gasteiger partial charge >= 0.3 is 0 Å². The monoisotopic (exact) mass is 530 g/mol. The first kappa shape index (κ1) is 23.8. The quantitative estimate of drug-likeness (QED) is 0.390. The summed E-state index contributed by atoms with van der Waals surface area (Å²) in [7, 11) is 0. The molecule has 11 heteroatoms. The van der Waals surface area contributed by atoms with Gasteiger partial charge in [0.05, 0.1) is 22.1 Å². The zero-order valence-corrected chi connectivity index (χ0v) is 22.9. The first-order valence-corrected chi connectivity index (χ1v) is 14.5. The van der Waals surface area contributed by atoms with Crippen molar-refractivity contribution in [2.24, 2.45) is 11.8 Å². The van der Waals surface area contributed by atoms with Gasteiger partial charge in [0.25, 0.3) is 0 Å². The molecule has 0 unspecified atom stereocenters. The fourth-order valence-electron chi connectivity index (χ4n) is 7.01. The molecule has 4 aromatic rings. The largest absolute Gasteiger partial charge is 0.368 e. The van der Waals surface area contributed by atoms with Crippen LogP contribution in [0, 0.1) is 25.7 Å². The van der Waals surface area contributed by atoms with Crippen LogP contribution in [-0.4, -0.2) is 66.3 Å². The highest BCUT2D eigenvalue weighted by Gasteiger charge is 2.44. The molecule has 7 rings (SSSR count). The van der Waals surface area contributed by atoms with Gasteiger partial charge in [0.2, 0.25) is 11.9 Å². The molecule has 0 radical (unpaired) electrons. The maximum Gasteiger partial charge on any atom is 0.248 e. The lowest BCUT2D eigenvalue weighted by Gasteiger charge is -2.46. The molecular weight excluding hydrogens is 496 g/mol. The lowest BCUT2D eigenvalue weighted by atomic mass is 9.92. The minimum Gasteiger partial charge on any atom is -0.368 e. The Morgan fingerprint density at radius 1 is 1.05 bits per heavy atom. The number of hydrogen-bond acceptors (Lipinski definition) is 10. The lowest BCUT2D eigenvalue weighted by Crippen LogP contribution is -2.56. The maximum atomic E-state index is 6.23. The molecule has 4 aromatic heterocycles. The summed E-state index contributed by atoms with van der Waals surface area (Å²) >= 11 is 1.58. The van der Waals surface area contributed by atoms with Gasteiger partial charge < -0.3 is 16.0 Å². The molecule has 10 nitrogen and oxygen atoms in total. The number of rotatable bonds is 5. The molecule has 2 bridgehead atoms. The maximum absolute atomic E-state index is 6.23. The third kappa shape index (κ3) is 3.99. The molecule has 3 fully saturated rings. The van der Waals surface area contributed by atoms with Crippen molar-refractivity contribution in [2.75, 3.05) is 35.6 Å². The van der Waals surface area contributed by atoms with Crippen LogP contribution in [0.4, 0.5) is 23.4 Å². The highest BCUT2D eigenvalue weighted by Crippen LogP contribution is 2.47. The number of hydrogen-bond donors (Lipinski definition) is 2. The number of nitrogens with zero attached hydrogens (tertiary/aromatic N) is 8. The van der Waals surface area contributed by atoms with Crippen LogP contribution in [0.15, 0.2) is 24.0 Å². The highest BCUT2D eigenvalue weighted by molar-refractivity contribution is 7.17. The molecule has 1 aliphatic heterocycles. The molecule has 2 saturated carbocycles. The van der Waals surface area contributed by atoms with Gasteiger partial charge in [-0.25, -0.2) is 15.0 Å². The molecule has 2 aliphatic carbocycles. The molecule has 4 atom stereocenters. The fourth-order valence-corrected chi connectivity index (χ4v) is 7.99. The van der Waals surface area contributed by atoms with E-state index in [0.29, 0.717) is 17.8 Å². The second-order valence-electron chi connectivity index (χ2n) is 11.3. The van der Waals surface area contributed by atoms with Gasteiger partial charge in [-0.2, -0.15) is 9.67 Å². The van der Waals surface area contributed by atoms with Crippen LogP contribution in [-0.2, 0) is 0 Å².